The highest BCUT2D eigenvalue weighted by Crippen LogP contribution is 2.42. The summed E-state index contributed by atoms with van der Waals surface area (Å²) in [5.74, 6) is 0.898. The van der Waals surface area contributed by atoms with E-state index < -0.39 is 0 Å². The first-order valence-corrected chi connectivity index (χ1v) is 8.29. The van der Waals surface area contributed by atoms with E-state index in [9.17, 15) is 0 Å². The standard InChI is InChI=1S/C18H30N4/c1-5-18(10-7-11-18)14-21-17(19-2)20-13-15-8-6-9-16(12-15)22(3)4/h6,8-9,12H,5,7,10-11,13-14H2,1-4H3,(H2,19,20,21). The van der Waals surface area contributed by atoms with Crippen molar-refractivity contribution in [1.29, 1.82) is 0 Å². The van der Waals surface area contributed by atoms with Crippen LogP contribution in [0.4, 0.5) is 5.69 Å². The van der Waals surface area contributed by atoms with Crippen LogP contribution in [0.2, 0.25) is 0 Å². The van der Waals surface area contributed by atoms with E-state index in [1.807, 2.05) is 7.05 Å². The maximum Gasteiger partial charge on any atom is 0.191 e. The van der Waals surface area contributed by atoms with Crippen molar-refractivity contribution >= 4 is 11.6 Å². The fraction of sp³-hybridized carbons (Fsp3) is 0.611. The first kappa shape index (κ1) is 16.7. The molecule has 0 heterocycles. The molecule has 1 saturated carbocycles. The molecule has 122 valence electrons. The van der Waals surface area contributed by atoms with Gasteiger partial charge in [0.2, 0.25) is 0 Å². The number of benzene rings is 1. The van der Waals surface area contributed by atoms with E-state index in [0.29, 0.717) is 5.41 Å². The van der Waals surface area contributed by atoms with E-state index in [2.05, 4.69) is 65.8 Å². The molecule has 0 bridgehead atoms. The largest absolute Gasteiger partial charge is 0.378 e. The van der Waals surface area contributed by atoms with Crippen molar-refractivity contribution in [1.82, 2.24) is 10.6 Å². The molecule has 2 rings (SSSR count). The molecule has 22 heavy (non-hydrogen) atoms. The molecule has 2 N–H and O–H groups in total. The molecule has 1 aliphatic carbocycles. The van der Waals surface area contributed by atoms with Gasteiger partial charge in [-0.3, -0.25) is 4.99 Å². The molecule has 0 aliphatic heterocycles. The molecule has 1 aromatic carbocycles. The second kappa shape index (κ2) is 7.52. The monoisotopic (exact) mass is 302 g/mol. The maximum atomic E-state index is 4.34. The number of nitrogens with zero attached hydrogens (tertiary/aromatic N) is 2. The first-order chi connectivity index (χ1) is 10.6. The highest BCUT2D eigenvalue weighted by molar-refractivity contribution is 5.79. The molecule has 0 amide bonds. The highest BCUT2D eigenvalue weighted by atomic mass is 15.2. The van der Waals surface area contributed by atoms with E-state index in [4.69, 9.17) is 0 Å². The van der Waals surface area contributed by atoms with E-state index >= 15 is 0 Å². The van der Waals surface area contributed by atoms with E-state index in [0.717, 1.165) is 19.0 Å². The minimum Gasteiger partial charge on any atom is -0.378 e. The summed E-state index contributed by atoms with van der Waals surface area (Å²) < 4.78 is 0. The lowest BCUT2D eigenvalue weighted by Crippen LogP contribution is -2.46. The summed E-state index contributed by atoms with van der Waals surface area (Å²) in [4.78, 5) is 6.46. The number of anilines is 1. The van der Waals surface area contributed by atoms with Gasteiger partial charge in [-0.2, -0.15) is 0 Å². The summed E-state index contributed by atoms with van der Waals surface area (Å²) in [6.07, 6.45) is 5.32. The van der Waals surface area contributed by atoms with Crippen molar-refractivity contribution in [2.45, 2.75) is 39.2 Å². The molecule has 1 aliphatic rings. The van der Waals surface area contributed by atoms with Crippen molar-refractivity contribution in [3.8, 4) is 0 Å². The Bertz CT molecular complexity index is 498. The topological polar surface area (TPSA) is 39.7 Å². The normalized spacial score (nSPS) is 16.8. The minimum absolute atomic E-state index is 0.502. The summed E-state index contributed by atoms with van der Waals surface area (Å²) in [7, 11) is 5.97. The summed E-state index contributed by atoms with van der Waals surface area (Å²) in [5.41, 5.74) is 2.99. The lowest BCUT2D eigenvalue weighted by Gasteiger charge is -2.41. The Morgan fingerprint density at radius 1 is 1.27 bits per heavy atom. The molecule has 0 radical (unpaired) electrons. The van der Waals surface area contributed by atoms with Gasteiger partial charge in [0.25, 0.3) is 0 Å². The Balaban J connectivity index is 1.85. The van der Waals surface area contributed by atoms with E-state index in [1.165, 1.54) is 36.9 Å². The van der Waals surface area contributed by atoms with Gasteiger partial charge in [0.15, 0.2) is 5.96 Å². The van der Waals surface area contributed by atoms with Gasteiger partial charge < -0.3 is 15.5 Å². The zero-order valence-corrected chi connectivity index (χ0v) is 14.4. The number of guanidine groups is 1. The molecule has 0 saturated heterocycles. The highest BCUT2D eigenvalue weighted by Gasteiger charge is 2.34. The lowest BCUT2D eigenvalue weighted by molar-refractivity contribution is 0.131. The van der Waals surface area contributed by atoms with Gasteiger partial charge in [-0.15, -0.1) is 0 Å². The molecule has 1 fully saturated rings. The minimum atomic E-state index is 0.502. The van der Waals surface area contributed by atoms with Crippen molar-refractivity contribution in [3.63, 3.8) is 0 Å². The molecule has 4 nitrogen and oxygen atoms in total. The van der Waals surface area contributed by atoms with E-state index in [1.54, 1.807) is 0 Å². The van der Waals surface area contributed by atoms with Crippen LogP contribution >= 0.6 is 0 Å². The van der Waals surface area contributed by atoms with Crippen LogP contribution in [0.15, 0.2) is 29.3 Å². The summed E-state index contributed by atoms with van der Waals surface area (Å²) >= 11 is 0. The molecule has 1 aromatic rings. The molecular weight excluding hydrogens is 272 g/mol. The van der Waals surface area contributed by atoms with Crippen LogP contribution < -0.4 is 15.5 Å². The van der Waals surface area contributed by atoms with Crippen LogP contribution in [0.3, 0.4) is 0 Å². The second-order valence-electron chi connectivity index (χ2n) is 6.55. The Morgan fingerprint density at radius 2 is 2.05 bits per heavy atom. The number of rotatable bonds is 6. The van der Waals surface area contributed by atoms with Crippen LogP contribution in [0, 0.1) is 5.41 Å². The Labute approximate surface area is 135 Å². The van der Waals surface area contributed by atoms with Crippen LogP contribution in [-0.2, 0) is 6.54 Å². The fourth-order valence-corrected chi connectivity index (χ4v) is 2.95. The van der Waals surface area contributed by atoms with Gasteiger partial charge in [0, 0.05) is 39.9 Å². The van der Waals surface area contributed by atoms with Gasteiger partial charge in [0.1, 0.15) is 0 Å². The fourth-order valence-electron chi connectivity index (χ4n) is 2.95. The van der Waals surface area contributed by atoms with Crippen LogP contribution in [0.1, 0.15) is 38.2 Å². The second-order valence-corrected chi connectivity index (χ2v) is 6.55. The van der Waals surface area contributed by atoms with Crippen LogP contribution in [0.25, 0.3) is 0 Å². The number of aliphatic imine (C=N–C) groups is 1. The zero-order valence-electron chi connectivity index (χ0n) is 14.4. The van der Waals surface area contributed by atoms with Crippen LogP contribution in [-0.4, -0.2) is 33.6 Å². The molecule has 0 spiro atoms. The summed E-state index contributed by atoms with van der Waals surface area (Å²) in [6, 6.07) is 8.58. The molecule has 0 unspecified atom stereocenters. The van der Waals surface area contributed by atoms with E-state index in [-0.39, 0.29) is 0 Å². The smallest absolute Gasteiger partial charge is 0.191 e. The van der Waals surface area contributed by atoms with Gasteiger partial charge in [-0.1, -0.05) is 25.5 Å². The van der Waals surface area contributed by atoms with Crippen molar-refractivity contribution in [3.05, 3.63) is 29.8 Å². The van der Waals surface area contributed by atoms with Crippen molar-refractivity contribution in [2.75, 3.05) is 32.6 Å². The number of hydrogen-bond acceptors (Lipinski definition) is 2. The van der Waals surface area contributed by atoms with Crippen LogP contribution in [0.5, 0.6) is 0 Å². The third-order valence-electron chi connectivity index (χ3n) is 4.91. The lowest BCUT2D eigenvalue weighted by atomic mass is 9.67. The number of nitrogens with one attached hydrogen (secondary N) is 2. The average molecular weight is 302 g/mol. The Morgan fingerprint density at radius 3 is 2.59 bits per heavy atom. The van der Waals surface area contributed by atoms with Gasteiger partial charge in [-0.05, 0) is 42.4 Å². The molecular formula is C18H30N4. The SMILES string of the molecule is CCC1(CNC(=NC)NCc2cccc(N(C)C)c2)CCC1. The third-order valence-corrected chi connectivity index (χ3v) is 4.91. The Hall–Kier alpha value is -1.71. The third kappa shape index (κ3) is 4.15. The van der Waals surface area contributed by atoms with Gasteiger partial charge >= 0.3 is 0 Å². The predicted molar refractivity (Wildman–Crippen MR) is 95.5 cm³/mol. The molecule has 0 atom stereocenters. The Kier molecular flexibility index (Phi) is 5.69. The molecule has 0 aromatic heterocycles. The zero-order chi connectivity index (χ0) is 16.0. The first-order valence-electron chi connectivity index (χ1n) is 8.29. The number of hydrogen-bond donors (Lipinski definition) is 2. The maximum absolute atomic E-state index is 4.34. The quantitative estimate of drug-likeness (QED) is 0.627. The van der Waals surface area contributed by atoms with Crippen molar-refractivity contribution in [2.24, 2.45) is 10.4 Å². The van der Waals surface area contributed by atoms with Gasteiger partial charge in [0.05, 0.1) is 0 Å². The summed E-state index contributed by atoms with van der Waals surface area (Å²) in [6.45, 7) is 4.12. The van der Waals surface area contributed by atoms with Crippen molar-refractivity contribution < 1.29 is 0 Å². The molecule has 4 heteroatoms. The van der Waals surface area contributed by atoms with Gasteiger partial charge in [-0.25, -0.2) is 0 Å². The summed E-state index contributed by atoms with van der Waals surface area (Å²) in [5, 5.41) is 6.92. The average Bonchev–Trinajstić information content (AvgIpc) is 2.49. The predicted octanol–water partition coefficient (Wildman–Crippen LogP) is 3.00.